The Morgan fingerprint density at radius 1 is 1.21 bits per heavy atom. The van der Waals surface area contributed by atoms with Crippen molar-refractivity contribution in [2.75, 3.05) is 11.4 Å². The van der Waals surface area contributed by atoms with Crippen molar-refractivity contribution < 1.29 is 27.6 Å². The summed E-state index contributed by atoms with van der Waals surface area (Å²) in [5.41, 5.74) is 3.77. The van der Waals surface area contributed by atoms with Crippen molar-refractivity contribution in [2.24, 2.45) is 0 Å². The molecule has 1 saturated heterocycles. The number of aromatic nitrogens is 1. The number of halogens is 3. The normalized spacial score (nSPS) is 21.7. The number of amides is 1. The lowest BCUT2D eigenvalue weighted by Crippen LogP contribution is -2.49. The van der Waals surface area contributed by atoms with E-state index in [-0.39, 0.29) is 17.7 Å². The number of nitrogens with one attached hydrogen (secondary N) is 1. The molecule has 2 atom stereocenters. The van der Waals surface area contributed by atoms with Crippen LogP contribution in [-0.4, -0.2) is 23.5 Å². The van der Waals surface area contributed by atoms with Crippen LogP contribution in [0.5, 0.6) is 5.75 Å². The molecule has 0 radical (unpaired) electrons. The fourth-order valence-corrected chi connectivity index (χ4v) is 3.74. The van der Waals surface area contributed by atoms with E-state index in [1.165, 1.54) is 18.2 Å². The number of hydrogen-bond acceptors (Lipinski definition) is 4. The van der Waals surface area contributed by atoms with Crippen LogP contribution in [0.15, 0.2) is 54.5 Å². The Labute approximate surface area is 165 Å². The molecule has 4 rings (SSSR count). The van der Waals surface area contributed by atoms with Crippen LogP contribution in [0.2, 0.25) is 0 Å². The number of hydrogen-bond donors (Lipinski definition) is 1. The van der Waals surface area contributed by atoms with Crippen LogP contribution in [0.25, 0.3) is 0 Å². The molecule has 1 aromatic carbocycles. The molecule has 6 nitrogen and oxygen atoms in total. The van der Waals surface area contributed by atoms with E-state index in [2.05, 4.69) is 5.43 Å². The van der Waals surface area contributed by atoms with Crippen LogP contribution >= 0.6 is 0 Å². The van der Waals surface area contributed by atoms with E-state index < -0.39 is 17.8 Å². The molecule has 0 saturated carbocycles. The predicted molar refractivity (Wildman–Crippen MR) is 96.2 cm³/mol. The molecule has 9 heteroatoms. The largest absolute Gasteiger partial charge is 0.868 e. The third-order valence-corrected chi connectivity index (χ3v) is 5.27. The molecule has 2 aliphatic rings. The van der Waals surface area contributed by atoms with Gasteiger partial charge in [-0.2, -0.15) is 17.7 Å². The number of benzene rings is 1. The minimum Gasteiger partial charge on any atom is -0.868 e. The molecule has 152 valence electrons. The monoisotopic (exact) mass is 404 g/mol. The van der Waals surface area contributed by atoms with E-state index >= 15 is 0 Å². The minimum atomic E-state index is -4.40. The standard InChI is InChI=1S/C20H19F3N4O2/c1-12-10-25(15-7-5-14(6-8-15)20(21,22)23)11-16-18(19(29)24-27(12)16)26-9-3-4-17(28)13(26)2/h3-9,11-12,18H,10H2,1-2H3,(H-,24,28,29)/t12-,18?/m0/s1. The molecule has 2 aromatic rings. The molecule has 29 heavy (non-hydrogen) atoms. The second kappa shape index (κ2) is 6.68. The second-order valence-corrected chi connectivity index (χ2v) is 7.21. The smallest absolute Gasteiger partial charge is 0.416 e. The highest BCUT2D eigenvalue weighted by atomic mass is 19.4. The zero-order chi connectivity index (χ0) is 20.9. The quantitative estimate of drug-likeness (QED) is 0.778. The Bertz CT molecular complexity index is 988. The zero-order valence-corrected chi connectivity index (χ0v) is 15.8. The molecule has 1 unspecified atom stereocenters. The maximum Gasteiger partial charge on any atom is 0.416 e. The summed E-state index contributed by atoms with van der Waals surface area (Å²) in [6, 6.07) is 7.08. The van der Waals surface area contributed by atoms with Crippen molar-refractivity contribution in [1.29, 1.82) is 0 Å². The summed E-state index contributed by atoms with van der Waals surface area (Å²) in [5.74, 6) is -0.445. The average Bonchev–Trinajstić information content (AvgIpc) is 3.00. The molecule has 1 amide bonds. The van der Waals surface area contributed by atoms with E-state index in [0.717, 1.165) is 12.1 Å². The highest BCUT2D eigenvalue weighted by Crippen LogP contribution is 2.34. The van der Waals surface area contributed by atoms with Crippen molar-refractivity contribution in [3.05, 3.63) is 65.7 Å². The highest BCUT2D eigenvalue weighted by molar-refractivity contribution is 5.84. The summed E-state index contributed by atoms with van der Waals surface area (Å²) in [5, 5.41) is 13.8. The van der Waals surface area contributed by atoms with Crippen LogP contribution in [-0.2, 0) is 11.0 Å². The second-order valence-electron chi connectivity index (χ2n) is 7.21. The maximum absolute atomic E-state index is 12.8. The molecule has 0 spiro atoms. The Balaban J connectivity index is 1.73. The van der Waals surface area contributed by atoms with E-state index in [1.54, 1.807) is 35.0 Å². The molecule has 1 N–H and O–H groups in total. The third kappa shape index (κ3) is 3.26. The van der Waals surface area contributed by atoms with Gasteiger partial charge in [0.1, 0.15) is 5.70 Å². The maximum atomic E-state index is 12.8. The Morgan fingerprint density at radius 2 is 1.90 bits per heavy atom. The summed E-state index contributed by atoms with van der Waals surface area (Å²) in [6.07, 6.45) is -0.977. The van der Waals surface area contributed by atoms with Crippen LogP contribution in [0, 0.1) is 6.92 Å². The molecule has 2 aliphatic heterocycles. The van der Waals surface area contributed by atoms with Crippen LogP contribution in [0.3, 0.4) is 0 Å². The number of hydrazine groups is 1. The van der Waals surface area contributed by atoms with Gasteiger partial charge < -0.3 is 10.0 Å². The van der Waals surface area contributed by atoms with Gasteiger partial charge in [-0.1, -0.05) is 6.07 Å². The van der Waals surface area contributed by atoms with E-state index in [1.807, 2.05) is 11.8 Å². The number of anilines is 1. The predicted octanol–water partition coefficient (Wildman–Crippen LogP) is 2.01. The third-order valence-electron chi connectivity index (χ3n) is 5.27. The summed E-state index contributed by atoms with van der Waals surface area (Å²) < 4.78 is 40.2. The number of carbonyl (C=O) groups excluding carboxylic acids is 1. The SMILES string of the molecule is Cc1c([O-])ccc[n+]1C1C(=O)NN2C1=CN(c1ccc(C(F)(F)F)cc1)C[C@@H]2C. The Hall–Kier alpha value is -3.23. The molecule has 0 aliphatic carbocycles. The molecular formula is C20H19F3N4O2. The molecule has 1 fully saturated rings. The van der Waals surface area contributed by atoms with Gasteiger partial charge in [-0.25, -0.2) is 0 Å². The van der Waals surface area contributed by atoms with Gasteiger partial charge >= 0.3 is 12.1 Å². The first-order valence-electron chi connectivity index (χ1n) is 9.10. The van der Waals surface area contributed by atoms with Crippen molar-refractivity contribution in [1.82, 2.24) is 10.4 Å². The first kappa shape index (κ1) is 19.1. The van der Waals surface area contributed by atoms with E-state index in [9.17, 15) is 23.1 Å². The number of nitrogens with zero attached hydrogens (tertiary/aromatic N) is 3. The lowest BCUT2D eigenvalue weighted by Gasteiger charge is -2.36. The lowest BCUT2D eigenvalue weighted by atomic mass is 10.1. The fourth-order valence-electron chi connectivity index (χ4n) is 3.74. The van der Waals surface area contributed by atoms with Gasteiger partial charge in [-0.15, -0.1) is 0 Å². The summed E-state index contributed by atoms with van der Waals surface area (Å²) >= 11 is 0. The number of fused-ring (bicyclic) bond motifs is 1. The summed E-state index contributed by atoms with van der Waals surface area (Å²) in [6.45, 7) is 4.04. The number of pyridine rings is 1. The number of carbonyl (C=O) groups is 1. The van der Waals surface area contributed by atoms with E-state index in [4.69, 9.17) is 0 Å². The minimum absolute atomic E-state index is 0.123. The van der Waals surface area contributed by atoms with Gasteiger partial charge in [-0.05, 0) is 36.9 Å². The van der Waals surface area contributed by atoms with Gasteiger partial charge in [0.25, 0.3) is 6.04 Å². The highest BCUT2D eigenvalue weighted by Gasteiger charge is 2.47. The Kier molecular flexibility index (Phi) is 4.40. The summed E-state index contributed by atoms with van der Waals surface area (Å²) in [4.78, 5) is 14.5. The van der Waals surface area contributed by atoms with Crippen molar-refractivity contribution in [3.63, 3.8) is 0 Å². The van der Waals surface area contributed by atoms with Gasteiger partial charge in [0.05, 0.1) is 11.6 Å². The molecular weight excluding hydrogens is 385 g/mol. The first-order chi connectivity index (χ1) is 13.7. The Morgan fingerprint density at radius 3 is 2.55 bits per heavy atom. The first-order valence-corrected chi connectivity index (χ1v) is 9.10. The van der Waals surface area contributed by atoms with Gasteiger partial charge in [0.2, 0.25) is 0 Å². The van der Waals surface area contributed by atoms with Crippen molar-refractivity contribution in [3.8, 4) is 5.75 Å². The topological polar surface area (TPSA) is 62.5 Å². The molecule has 0 bridgehead atoms. The zero-order valence-electron chi connectivity index (χ0n) is 15.8. The average molecular weight is 404 g/mol. The fraction of sp³-hybridized carbons (Fsp3) is 0.300. The summed E-state index contributed by atoms with van der Waals surface area (Å²) in [7, 11) is 0. The van der Waals surface area contributed by atoms with Crippen molar-refractivity contribution >= 4 is 11.6 Å². The number of rotatable bonds is 2. The molecule has 1 aromatic heterocycles. The van der Waals surface area contributed by atoms with Gasteiger partial charge in [-0.3, -0.25) is 15.2 Å². The molecule has 3 heterocycles. The van der Waals surface area contributed by atoms with Crippen LogP contribution in [0.4, 0.5) is 18.9 Å². The van der Waals surface area contributed by atoms with Crippen LogP contribution in [0.1, 0.15) is 24.2 Å². The lowest BCUT2D eigenvalue weighted by molar-refractivity contribution is -0.708. The van der Waals surface area contributed by atoms with Gasteiger partial charge in [0.15, 0.2) is 11.9 Å². The number of alkyl halides is 3. The van der Waals surface area contributed by atoms with Gasteiger partial charge in [0, 0.05) is 31.4 Å². The van der Waals surface area contributed by atoms with E-state index in [0.29, 0.717) is 23.6 Å². The van der Waals surface area contributed by atoms with Crippen molar-refractivity contribution in [2.45, 2.75) is 32.1 Å². The van der Waals surface area contributed by atoms with Crippen LogP contribution < -0.4 is 20.0 Å².